The van der Waals surface area contributed by atoms with E-state index in [-0.39, 0.29) is 44.1 Å². The van der Waals surface area contributed by atoms with Gasteiger partial charge in [-0.15, -0.1) is 0 Å². The van der Waals surface area contributed by atoms with Crippen LogP contribution in [0.4, 0.5) is 0 Å². The van der Waals surface area contributed by atoms with Crippen LogP contribution in [0.25, 0.3) is 0 Å². The van der Waals surface area contributed by atoms with Crippen LogP contribution in [0.5, 0.6) is 0 Å². The van der Waals surface area contributed by atoms with Crippen molar-refractivity contribution in [2.24, 2.45) is 34.2 Å². The molecular weight excluding hydrogens is 979 g/mol. The standard InChI is InChI=1S/C49H87N13O13/c1-12-18-32(43(70)57-39(28(7)13-2)45(72)55-31(19-16-23-53-49(50)51)47(74)62-24-17-20-33(62)42(69)52-15-4)61(11)48(75)41(30(9)63)59-46(73)40(29(8)14-3)58-44(71)38(27(5)6)56-34(64)25-54-35(65)26-60(10)36(66)21-22-37(67)68/h27-33,38-41,63H,12-26H2,1-11H3,(H,52,69)(H,54,65)(H,55,72)(H,56,64)(H,57,70)(H,58,71)(H,59,73)(H,67,68)(H4,50,51,53)/t28-,29?,30+,31-,32-,33-,38-,39-,40+,41-/m0/s1. The van der Waals surface area contributed by atoms with Gasteiger partial charge in [-0.1, -0.05) is 67.7 Å². The molecule has 13 N–H and O–H groups in total. The highest BCUT2D eigenvalue weighted by Crippen LogP contribution is 2.21. The first kappa shape index (κ1) is 66.4. The third kappa shape index (κ3) is 22.0. The van der Waals surface area contributed by atoms with E-state index in [0.717, 1.165) is 9.80 Å². The molecule has 1 aliphatic heterocycles. The number of nitrogens with zero attached hydrogens (tertiary/aromatic N) is 4. The Labute approximate surface area is 440 Å². The Balaban J connectivity index is 3.33. The van der Waals surface area contributed by atoms with E-state index in [0.29, 0.717) is 45.2 Å². The lowest BCUT2D eigenvalue weighted by atomic mass is 9.95. The van der Waals surface area contributed by atoms with Crippen molar-refractivity contribution in [3.05, 3.63) is 0 Å². The molecule has 0 aromatic heterocycles. The van der Waals surface area contributed by atoms with Crippen LogP contribution >= 0.6 is 0 Å². The molecule has 1 aliphatic rings. The van der Waals surface area contributed by atoms with E-state index in [1.54, 1.807) is 48.5 Å². The molecule has 75 heavy (non-hydrogen) atoms. The van der Waals surface area contributed by atoms with Gasteiger partial charge in [0.1, 0.15) is 42.3 Å². The van der Waals surface area contributed by atoms with Crippen LogP contribution in [0, 0.1) is 17.8 Å². The molecule has 26 nitrogen and oxygen atoms in total. The number of amides is 10. The maximum atomic E-state index is 14.3. The van der Waals surface area contributed by atoms with Crippen molar-refractivity contribution in [1.29, 1.82) is 0 Å². The number of hydrogen-bond acceptors (Lipinski definition) is 13. The van der Waals surface area contributed by atoms with Gasteiger partial charge in [-0.2, -0.15) is 0 Å². The molecule has 426 valence electrons. The Morgan fingerprint density at radius 2 is 1.27 bits per heavy atom. The zero-order valence-electron chi connectivity index (χ0n) is 45.8. The minimum atomic E-state index is -1.64. The highest BCUT2D eigenvalue weighted by molar-refractivity contribution is 5.98. The quantitative estimate of drug-likeness (QED) is 0.0189. The number of hydrogen-bond donors (Lipinski definition) is 11. The monoisotopic (exact) mass is 1070 g/mol. The van der Waals surface area contributed by atoms with Gasteiger partial charge >= 0.3 is 5.97 Å². The number of carbonyl (C=O) groups is 11. The Morgan fingerprint density at radius 3 is 1.79 bits per heavy atom. The molecule has 1 heterocycles. The molecule has 10 amide bonds. The summed E-state index contributed by atoms with van der Waals surface area (Å²) in [5.41, 5.74) is 11.0. The Hall–Kier alpha value is -6.60. The van der Waals surface area contributed by atoms with Crippen molar-refractivity contribution in [3.63, 3.8) is 0 Å². The van der Waals surface area contributed by atoms with Gasteiger partial charge in [0.25, 0.3) is 0 Å². The summed E-state index contributed by atoms with van der Waals surface area (Å²) < 4.78 is 0. The number of carboxylic acid groups (broad SMARTS) is 1. The molecular formula is C49H87N13O13. The van der Waals surface area contributed by atoms with Gasteiger partial charge < -0.3 is 73.6 Å². The molecule has 0 aliphatic carbocycles. The Bertz CT molecular complexity index is 2000. The van der Waals surface area contributed by atoms with Crippen LogP contribution < -0.4 is 48.7 Å². The molecule has 0 bridgehead atoms. The van der Waals surface area contributed by atoms with Gasteiger partial charge in [0, 0.05) is 40.2 Å². The van der Waals surface area contributed by atoms with Crippen LogP contribution in [0.2, 0.25) is 0 Å². The first-order chi connectivity index (χ1) is 35.2. The van der Waals surface area contributed by atoms with E-state index >= 15 is 0 Å². The van der Waals surface area contributed by atoms with E-state index in [9.17, 15) is 57.8 Å². The molecule has 0 radical (unpaired) electrons. The third-order valence-corrected chi connectivity index (χ3v) is 13.1. The van der Waals surface area contributed by atoms with Crippen LogP contribution in [-0.4, -0.2) is 191 Å². The number of aliphatic carboxylic acids is 1. The lowest BCUT2D eigenvalue weighted by molar-refractivity contribution is -0.146. The van der Waals surface area contributed by atoms with Crippen LogP contribution in [0.3, 0.4) is 0 Å². The fraction of sp³-hybridized carbons (Fsp3) is 0.755. The van der Waals surface area contributed by atoms with Gasteiger partial charge in [-0.3, -0.25) is 57.7 Å². The van der Waals surface area contributed by atoms with E-state index in [1.807, 2.05) is 6.92 Å². The summed E-state index contributed by atoms with van der Waals surface area (Å²) in [6, 6.07) is -8.44. The number of guanidine groups is 1. The van der Waals surface area contributed by atoms with Crippen LogP contribution in [0.15, 0.2) is 4.99 Å². The number of aliphatic hydroxyl groups excluding tert-OH is 1. The Kier molecular flexibility index (Phi) is 29.5. The molecule has 1 saturated heterocycles. The smallest absolute Gasteiger partial charge is 0.303 e. The summed E-state index contributed by atoms with van der Waals surface area (Å²) in [6.45, 7) is 14.8. The van der Waals surface area contributed by atoms with E-state index < -0.39 is 145 Å². The largest absolute Gasteiger partial charge is 0.481 e. The van der Waals surface area contributed by atoms with Gasteiger partial charge in [0.05, 0.1) is 25.6 Å². The molecule has 1 rings (SSSR count). The highest BCUT2D eigenvalue weighted by Gasteiger charge is 2.41. The van der Waals surface area contributed by atoms with Crippen molar-refractivity contribution < 1.29 is 63.0 Å². The molecule has 0 spiro atoms. The van der Waals surface area contributed by atoms with Crippen LogP contribution in [0.1, 0.15) is 127 Å². The predicted molar refractivity (Wildman–Crippen MR) is 277 cm³/mol. The van der Waals surface area contributed by atoms with Crippen LogP contribution in [-0.2, 0) is 52.7 Å². The van der Waals surface area contributed by atoms with Crippen molar-refractivity contribution in [1.82, 2.24) is 51.9 Å². The van der Waals surface area contributed by atoms with Gasteiger partial charge in [0.2, 0.25) is 59.1 Å². The molecule has 1 unspecified atom stereocenters. The SMILES string of the molecule is CCC[C@@H](C(=O)N[C@H](C(=O)N[C@@H](CCCN=C(N)N)C(=O)N1CCC[C@H]1C(=O)NCC)[C@@H](C)CC)N(C)C(=O)[C@@H](NC(=O)[C@H](NC(=O)[C@@H](NC(=O)CNC(=O)CN(C)C(=O)CCC(=O)O)C(C)C)C(C)CC)[C@@H](C)O. The van der Waals surface area contributed by atoms with Crippen molar-refractivity contribution >= 4 is 71.0 Å². The highest BCUT2D eigenvalue weighted by atomic mass is 16.4. The van der Waals surface area contributed by atoms with Gasteiger partial charge in [0.15, 0.2) is 5.96 Å². The van der Waals surface area contributed by atoms with Crippen molar-refractivity contribution in [3.8, 4) is 0 Å². The van der Waals surface area contributed by atoms with Crippen molar-refractivity contribution in [2.45, 2.75) is 175 Å². The first-order valence-electron chi connectivity index (χ1n) is 26.0. The van der Waals surface area contributed by atoms with Crippen molar-refractivity contribution in [2.75, 3.05) is 46.8 Å². The molecule has 0 aromatic carbocycles. The average Bonchev–Trinajstić information content (AvgIpc) is 3.85. The number of likely N-dealkylation sites (N-methyl/N-ethyl adjacent to an activating group) is 3. The van der Waals surface area contributed by atoms with E-state index in [4.69, 9.17) is 16.6 Å². The fourth-order valence-corrected chi connectivity index (χ4v) is 8.20. The summed E-state index contributed by atoms with van der Waals surface area (Å²) in [6.07, 6.45) is 0.387. The molecule has 0 saturated carbocycles. The number of carbonyl (C=O) groups excluding carboxylic acids is 10. The normalized spacial score (nSPS) is 16.7. The Morgan fingerprint density at radius 1 is 0.707 bits per heavy atom. The lowest BCUT2D eigenvalue weighted by Gasteiger charge is -2.35. The van der Waals surface area contributed by atoms with Gasteiger partial charge in [-0.25, -0.2) is 0 Å². The number of likely N-dealkylation sites (tertiary alicyclic amines) is 1. The molecule has 10 atom stereocenters. The van der Waals surface area contributed by atoms with Gasteiger partial charge in [-0.05, 0) is 63.7 Å². The summed E-state index contributed by atoms with van der Waals surface area (Å²) in [5, 5.41) is 38.3. The summed E-state index contributed by atoms with van der Waals surface area (Å²) in [5.74, 6) is -9.68. The first-order valence-corrected chi connectivity index (χ1v) is 26.0. The molecule has 26 heteroatoms. The maximum absolute atomic E-state index is 14.3. The second-order valence-electron chi connectivity index (χ2n) is 19.5. The number of rotatable bonds is 33. The maximum Gasteiger partial charge on any atom is 0.303 e. The lowest BCUT2D eigenvalue weighted by Crippen LogP contribution is -2.63. The zero-order valence-corrected chi connectivity index (χ0v) is 45.8. The topological polar surface area (TPSA) is 387 Å². The van der Waals surface area contributed by atoms with E-state index in [1.165, 1.54) is 25.9 Å². The average molecular weight is 1070 g/mol. The number of aliphatic hydroxyl groups is 1. The minimum absolute atomic E-state index is 0.0916. The number of nitrogens with two attached hydrogens (primary N) is 2. The number of aliphatic imine (C=N–C) groups is 1. The molecule has 0 aromatic rings. The summed E-state index contributed by atoms with van der Waals surface area (Å²) in [4.78, 5) is 154. The number of carboxylic acids is 1. The molecule has 1 fully saturated rings. The third-order valence-electron chi connectivity index (χ3n) is 13.1. The fourth-order valence-electron chi connectivity index (χ4n) is 8.20. The predicted octanol–water partition coefficient (Wildman–Crippen LogP) is -2.21. The second kappa shape index (κ2) is 33.3. The van der Waals surface area contributed by atoms with E-state index in [2.05, 4.69) is 42.2 Å². The second-order valence-corrected chi connectivity index (χ2v) is 19.5. The zero-order chi connectivity index (χ0) is 57.3. The summed E-state index contributed by atoms with van der Waals surface area (Å²) in [7, 11) is 2.62. The number of nitrogens with one attached hydrogen (secondary N) is 7. The summed E-state index contributed by atoms with van der Waals surface area (Å²) >= 11 is 0. The minimum Gasteiger partial charge on any atom is -0.481 e.